The first-order valence-electron chi connectivity index (χ1n) is 4.87. The number of benzene rings is 1. The van der Waals surface area contributed by atoms with Crippen molar-refractivity contribution in [2.75, 3.05) is 5.32 Å². The van der Waals surface area contributed by atoms with Crippen molar-refractivity contribution in [1.29, 1.82) is 0 Å². The number of halogens is 2. The number of carbonyl (C=O) groups excluding carboxylic acids is 1. The quantitative estimate of drug-likeness (QED) is 0.803. The fourth-order valence-electron chi connectivity index (χ4n) is 1.24. The lowest BCUT2D eigenvalue weighted by Gasteiger charge is -2.06. The van der Waals surface area contributed by atoms with Crippen molar-refractivity contribution in [3.05, 3.63) is 56.0 Å². The summed E-state index contributed by atoms with van der Waals surface area (Å²) >= 11 is 1.91. The number of hydrogen-bond donors (Lipinski definition) is 2. The van der Waals surface area contributed by atoms with E-state index in [9.17, 15) is 14.0 Å². The molecule has 92 valence electrons. The van der Waals surface area contributed by atoms with Gasteiger partial charge in [0.25, 0.3) is 11.5 Å². The van der Waals surface area contributed by atoms with Gasteiger partial charge >= 0.3 is 0 Å². The smallest absolute Gasteiger partial charge is 0.275 e. The molecule has 0 bridgehead atoms. The molecule has 0 aliphatic carbocycles. The Balaban J connectivity index is 2.21. The molecule has 2 rings (SSSR count). The topological polar surface area (TPSA) is 74.8 Å². The van der Waals surface area contributed by atoms with E-state index in [-0.39, 0.29) is 17.1 Å². The average molecular weight is 359 g/mol. The fraction of sp³-hybridized carbons (Fsp3) is 0. The first kappa shape index (κ1) is 12.7. The number of aromatic nitrogens is 2. The highest BCUT2D eigenvalue weighted by Crippen LogP contribution is 2.19. The molecule has 1 aromatic heterocycles. The number of rotatable bonds is 2. The molecular formula is C11H7FIN3O2. The third kappa shape index (κ3) is 2.92. The average Bonchev–Trinajstić information content (AvgIpc) is 2.33. The maximum absolute atomic E-state index is 12.9. The van der Waals surface area contributed by atoms with Gasteiger partial charge in [0.2, 0.25) is 0 Å². The first-order chi connectivity index (χ1) is 8.56. The molecule has 0 aliphatic heterocycles. The number of nitrogens with one attached hydrogen (secondary N) is 2. The summed E-state index contributed by atoms with van der Waals surface area (Å²) in [7, 11) is 0. The molecule has 0 radical (unpaired) electrons. The van der Waals surface area contributed by atoms with Crippen LogP contribution in [0.3, 0.4) is 0 Å². The highest BCUT2D eigenvalue weighted by Gasteiger charge is 2.10. The van der Waals surface area contributed by atoms with Gasteiger partial charge in [-0.3, -0.25) is 9.59 Å². The van der Waals surface area contributed by atoms with Crippen molar-refractivity contribution in [3.63, 3.8) is 0 Å². The Morgan fingerprint density at radius 2 is 2.22 bits per heavy atom. The summed E-state index contributed by atoms with van der Waals surface area (Å²) in [6, 6.07) is 4.01. The van der Waals surface area contributed by atoms with Gasteiger partial charge in [-0.1, -0.05) is 0 Å². The molecule has 0 saturated heterocycles. The number of nitrogens with zero attached hydrogens (tertiary/aromatic N) is 1. The Labute approximate surface area is 115 Å². The number of amides is 1. The van der Waals surface area contributed by atoms with Crippen molar-refractivity contribution < 1.29 is 9.18 Å². The van der Waals surface area contributed by atoms with Crippen LogP contribution >= 0.6 is 22.6 Å². The molecule has 0 unspecified atom stereocenters. The van der Waals surface area contributed by atoms with E-state index >= 15 is 0 Å². The van der Waals surface area contributed by atoms with Crippen molar-refractivity contribution in [2.45, 2.75) is 0 Å². The second-order valence-electron chi connectivity index (χ2n) is 3.37. The van der Waals surface area contributed by atoms with Crippen LogP contribution in [0.1, 0.15) is 10.5 Å². The minimum Gasteiger partial charge on any atom is -0.325 e. The Morgan fingerprint density at radius 3 is 2.83 bits per heavy atom. The van der Waals surface area contributed by atoms with E-state index in [0.29, 0.717) is 9.26 Å². The maximum Gasteiger partial charge on any atom is 0.275 e. The van der Waals surface area contributed by atoms with Gasteiger partial charge in [0.15, 0.2) is 0 Å². The molecule has 2 N–H and O–H groups in total. The van der Waals surface area contributed by atoms with E-state index in [2.05, 4.69) is 15.3 Å². The molecule has 5 nitrogen and oxygen atoms in total. The molecule has 2 aromatic rings. The monoisotopic (exact) mass is 359 g/mol. The van der Waals surface area contributed by atoms with Gasteiger partial charge in [-0.2, -0.15) is 0 Å². The molecule has 7 heteroatoms. The largest absolute Gasteiger partial charge is 0.325 e. The van der Waals surface area contributed by atoms with Gasteiger partial charge in [-0.15, -0.1) is 0 Å². The molecule has 18 heavy (non-hydrogen) atoms. The first-order valence-corrected chi connectivity index (χ1v) is 5.95. The lowest BCUT2D eigenvalue weighted by atomic mass is 10.3. The normalized spacial score (nSPS) is 10.1. The summed E-state index contributed by atoms with van der Waals surface area (Å²) in [5, 5.41) is 2.58. The Bertz CT molecular complexity index is 636. The lowest BCUT2D eigenvalue weighted by Crippen LogP contribution is -2.17. The molecule has 1 amide bonds. The number of anilines is 1. The molecule has 0 saturated carbocycles. The van der Waals surface area contributed by atoms with E-state index in [1.807, 2.05) is 22.6 Å². The zero-order valence-electron chi connectivity index (χ0n) is 8.91. The van der Waals surface area contributed by atoms with Crippen LogP contribution in [0.25, 0.3) is 0 Å². The second-order valence-corrected chi connectivity index (χ2v) is 4.54. The van der Waals surface area contributed by atoms with Crippen LogP contribution in [0, 0.1) is 9.39 Å². The summed E-state index contributed by atoms with van der Waals surface area (Å²) in [5.41, 5.74) is 0.174. The molecule has 0 fully saturated rings. The third-order valence-electron chi connectivity index (χ3n) is 2.08. The second kappa shape index (κ2) is 5.25. The van der Waals surface area contributed by atoms with E-state index < -0.39 is 5.91 Å². The van der Waals surface area contributed by atoms with Crippen LogP contribution in [0.5, 0.6) is 0 Å². The number of H-pyrrole nitrogens is 1. The number of carbonyl (C=O) groups is 1. The maximum atomic E-state index is 12.9. The van der Waals surface area contributed by atoms with Crippen LogP contribution in [0.4, 0.5) is 10.1 Å². The lowest BCUT2D eigenvalue weighted by molar-refractivity contribution is 0.102. The highest BCUT2D eigenvalue weighted by atomic mass is 127. The number of aromatic amines is 1. The van der Waals surface area contributed by atoms with Crippen molar-refractivity contribution in [1.82, 2.24) is 9.97 Å². The zero-order chi connectivity index (χ0) is 13.1. The van der Waals surface area contributed by atoms with Gasteiger partial charge in [-0.05, 0) is 40.8 Å². The van der Waals surface area contributed by atoms with Crippen molar-refractivity contribution >= 4 is 34.2 Å². The summed E-state index contributed by atoms with van der Waals surface area (Å²) in [5.74, 6) is -0.852. The summed E-state index contributed by atoms with van der Waals surface area (Å²) in [4.78, 5) is 28.6. The minimum absolute atomic E-state index is 0.0784. The molecular weight excluding hydrogens is 352 g/mol. The van der Waals surface area contributed by atoms with Gasteiger partial charge in [0.1, 0.15) is 11.5 Å². The third-order valence-corrected chi connectivity index (χ3v) is 2.98. The highest BCUT2D eigenvalue weighted by molar-refractivity contribution is 14.1. The van der Waals surface area contributed by atoms with Crippen LogP contribution in [0.2, 0.25) is 0 Å². The molecule has 1 heterocycles. The molecule has 0 aliphatic rings. The van der Waals surface area contributed by atoms with Crippen molar-refractivity contribution in [2.24, 2.45) is 0 Å². The van der Waals surface area contributed by atoms with Gasteiger partial charge in [0, 0.05) is 9.77 Å². The van der Waals surface area contributed by atoms with Gasteiger partial charge in [-0.25, -0.2) is 9.37 Å². The van der Waals surface area contributed by atoms with Crippen LogP contribution < -0.4 is 10.9 Å². The Hall–Kier alpha value is -1.77. The van der Waals surface area contributed by atoms with Crippen LogP contribution in [0.15, 0.2) is 35.4 Å². The molecule has 0 atom stereocenters. The summed E-state index contributed by atoms with van der Waals surface area (Å²) in [6.07, 6.45) is 2.23. The minimum atomic E-state index is -0.476. The SMILES string of the molecule is O=C(Nc1ccc(F)cc1I)c1c[nH]c(=O)cn1. The van der Waals surface area contributed by atoms with Gasteiger partial charge in [0.05, 0.1) is 11.9 Å². The van der Waals surface area contributed by atoms with E-state index in [1.54, 1.807) is 0 Å². The van der Waals surface area contributed by atoms with Gasteiger partial charge < -0.3 is 10.3 Å². The Morgan fingerprint density at radius 1 is 1.44 bits per heavy atom. The van der Waals surface area contributed by atoms with E-state index in [0.717, 1.165) is 6.20 Å². The van der Waals surface area contributed by atoms with E-state index in [4.69, 9.17) is 0 Å². The Kier molecular flexibility index (Phi) is 3.70. The van der Waals surface area contributed by atoms with E-state index in [1.165, 1.54) is 24.4 Å². The van der Waals surface area contributed by atoms with Crippen LogP contribution in [-0.2, 0) is 0 Å². The zero-order valence-corrected chi connectivity index (χ0v) is 11.1. The predicted molar refractivity (Wildman–Crippen MR) is 71.9 cm³/mol. The summed E-state index contributed by atoms with van der Waals surface area (Å²) in [6.45, 7) is 0. The molecule has 0 spiro atoms. The molecule has 1 aromatic carbocycles. The fourth-order valence-corrected chi connectivity index (χ4v) is 1.86. The number of hydrogen-bond acceptors (Lipinski definition) is 3. The van der Waals surface area contributed by atoms with Crippen molar-refractivity contribution in [3.8, 4) is 0 Å². The standard InChI is InChI=1S/C11H7FIN3O2/c12-6-1-2-8(7(13)3-6)16-11(18)9-4-15-10(17)5-14-9/h1-5H,(H,15,17)(H,16,18). The predicted octanol–water partition coefficient (Wildman–Crippen LogP) is 1.77. The summed E-state index contributed by atoms with van der Waals surface area (Å²) < 4.78 is 13.5. The van der Waals surface area contributed by atoms with Crippen LogP contribution in [-0.4, -0.2) is 15.9 Å².